The summed E-state index contributed by atoms with van der Waals surface area (Å²) in [6.07, 6.45) is 1.24. The molecule has 0 fully saturated rings. The molecule has 6 nitrogen and oxygen atoms in total. The van der Waals surface area contributed by atoms with E-state index in [2.05, 4.69) is 0 Å². The van der Waals surface area contributed by atoms with E-state index in [9.17, 15) is 9.59 Å². The van der Waals surface area contributed by atoms with Crippen LogP contribution in [0.4, 0.5) is 0 Å². The Kier molecular flexibility index (Phi) is 8.78. The van der Waals surface area contributed by atoms with Crippen molar-refractivity contribution in [3.8, 4) is 0 Å². The van der Waals surface area contributed by atoms with Gasteiger partial charge in [-0.3, -0.25) is 9.59 Å². The van der Waals surface area contributed by atoms with Crippen molar-refractivity contribution in [3.05, 3.63) is 22.4 Å². The van der Waals surface area contributed by atoms with E-state index < -0.39 is 24.0 Å². The highest BCUT2D eigenvalue weighted by atomic mass is 32.1. The van der Waals surface area contributed by atoms with Crippen LogP contribution in [0.2, 0.25) is 0 Å². The van der Waals surface area contributed by atoms with E-state index in [0.29, 0.717) is 6.42 Å². The summed E-state index contributed by atoms with van der Waals surface area (Å²) in [4.78, 5) is 21.5. The van der Waals surface area contributed by atoms with Gasteiger partial charge < -0.3 is 21.7 Å². The van der Waals surface area contributed by atoms with Gasteiger partial charge in [-0.15, -0.1) is 11.3 Å². The smallest absolute Gasteiger partial charge is 0.320 e. The van der Waals surface area contributed by atoms with Gasteiger partial charge in [0.15, 0.2) is 0 Å². The SMILES string of the molecule is CC[C@H](C)[C@H](N)C(=O)O.N[C@@H](Cc1cccs1)C(=O)O. The van der Waals surface area contributed by atoms with E-state index in [4.69, 9.17) is 21.7 Å². The van der Waals surface area contributed by atoms with Crippen LogP contribution in [0.3, 0.4) is 0 Å². The van der Waals surface area contributed by atoms with Crippen LogP contribution >= 0.6 is 11.3 Å². The quantitative estimate of drug-likeness (QED) is 0.624. The molecule has 114 valence electrons. The maximum Gasteiger partial charge on any atom is 0.320 e. The lowest BCUT2D eigenvalue weighted by molar-refractivity contribution is -0.140. The van der Waals surface area contributed by atoms with Crippen LogP contribution < -0.4 is 11.5 Å². The predicted molar refractivity (Wildman–Crippen MR) is 78.7 cm³/mol. The zero-order valence-corrected chi connectivity index (χ0v) is 12.5. The number of carboxylic acid groups (broad SMARTS) is 2. The molecule has 0 aliphatic heterocycles. The van der Waals surface area contributed by atoms with Gasteiger partial charge in [-0.1, -0.05) is 26.3 Å². The van der Waals surface area contributed by atoms with E-state index in [1.54, 1.807) is 0 Å². The van der Waals surface area contributed by atoms with Crippen molar-refractivity contribution in [3.63, 3.8) is 0 Å². The Labute approximate surface area is 122 Å². The van der Waals surface area contributed by atoms with E-state index in [1.165, 1.54) is 11.3 Å². The molecule has 0 saturated heterocycles. The van der Waals surface area contributed by atoms with Crippen molar-refractivity contribution < 1.29 is 19.8 Å². The summed E-state index contributed by atoms with van der Waals surface area (Å²) in [7, 11) is 0. The molecule has 0 amide bonds. The molecule has 1 aromatic rings. The summed E-state index contributed by atoms with van der Waals surface area (Å²) in [5.41, 5.74) is 10.6. The second-order valence-corrected chi connectivity index (χ2v) is 5.51. The van der Waals surface area contributed by atoms with E-state index in [-0.39, 0.29) is 5.92 Å². The molecule has 0 aliphatic carbocycles. The van der Waals surface area contributed by atoms with Gasteiger partial charge >= 0.3 is 11.9 Å². The monoisotopic (exact) mass is 302 g/mol. The van der Waals surface area contributed by atoms with Crippen LogP contribution in [0, 0.1) is 5.92 Å². The molecule has 0 unspecified atom stereocenters. The van der Waals surface area contributed by atoms with Crippen LogP contribution in [0.5, 0.6) is 0 Å². The number of carbonyl (C=O) groups is 2. The minimum absolute atomic E-state index is 0.0718. The van der Waals surface area contributed by atoms with Crippen LogP contribution in [0.15, 0.2) is 17.5 Å². The van der Waals surface area contributed by atoms with E-state index in [0.717, 1.165) is 11.3 Å². The lowest BCUT2D eigenvalue weighted by Crippen LogP contribution is -2.36. The second kappa shape index (κ2) is 9.46. The Bertz CT molecular complexity index is 409. The van der Waals surface area contributed by atoms with Crippen molar-refractivity contribution in [2.45, 2.75) is 38.8 Å². The highest BCUT2D eigenvalue weighted by Gasteiger charge is 2.17. The molecule has 3 atom stereocenters. The Balaban J connectivity index is 0.000000370. The summed E-state index contributed by atoms with van der Waals surface area (Å²) < 4.78 is 0. The third-order valence-corrected chi connectivity index (χ3v) is 3.76. The Morgan fingerprint density at radius 3 is 2.20 bits per heavy atom. The Morgan fingerprint density at radius 1 is 1.30 bits per heavy atom. The van der Waals surface area contributed by atoms with Crippen LogP contribution in [0.25, 0.3) is 0 Å². The first kappa shape index (κ1) is 18.6. The van der Waals surface area contributed by atoms with Crippen LogP contribution in [-0.2, 0) is 16.0 Å². The Morgan fingerprint density at radius 2 is 1.90 bits per heavy atom. The van der Waals surface area contributed by atoms with Gasteiger partial charge in [-0.2, -0.15) is 0 Å². The fourth-order valence-electron chi connectivity index (χ4n) is 1.23. The summed E-state index contributed by atoms with van der Waals surface area (Å²) in [5, 5.41) is 18.7. The van der Waals surface area contributed by atoms with Crippen molar-refractivity contribution in [2.24, 2.45) is 17.4 Å². The second-order valence-electron chi connectivity index (χ2n) is 4.48. The first-order valence-electron chi connectivity index (χ1n) is 6.28. The average molecular weight is 302 g/mol. The van der Waals surface area contributed by atoms with Gasteiger partial charge in [-0.25, -0.2) is 0 Å². The predicted octanol–water partition coefficient (Wildman–Crippen LogP) is 1.15. The molecule has 1 aromatic heterocycles. The number of hydrogen-bond donors (Lipinski definition) is 4. The molecule has 0 bridgehead atoms. The molecule has 6 N–H and O–H groups in total. The van der Waals surface area contributed by atoms with Gasteiger partial charge in [0.25, 0.3) is 0 Å². The number of nitrogens with two attached hydrogens (primary N) is 2. The number of carboxylic acids is 2. The number of aliphatic carboxylic acids is 2. The first-order valence-corrected chi connectivity index (χ1v) is 7.16. The highest BCUT2D eigenvalue weighted by molar-refractivity contribution is 7.09. The van der Waals surface area contributed by atoms with E-state index >= 15 is 0 Å². The molecule has 0 aromatic carbocycles. The number of rotatable bonds is 6. The Hall–Kier alpha value is -1.44. The lowest BCUT2D eigenvalue weighted by Gasteiger charge is -2.11. The third-order valence-electron chi connectivity index (χ3n) is 2.86. The first-order chi connectivity index (χ1) is 9.29. The lowest BCUT2D eigenvalue weighted by atomic mass is 10.0. The van der Waals surface area contributed by atoms with Crippen LogP contribution in [-0.4, -0.2) is 34.2 Å². The molecule has 0 spiro atoms. The van der Waals surface area contributed by atoms with Gasteiger partial charge in [0.05, 0.1) is 0 Å². The summed E-state index contributed by atoms with van der Waals surface area (Å²) >= 11 is 1.53. The van der Waals surface area contributed by atoms with Crippen molar-refractivity contribution in [1.82, 2.24) is 0 Å². The van der Waals surface area contributed by atoms with Crippen LogP contribution in [0.1, 0.15) is 25.1 Å². The molecule has 1 heterocycles. The number of hydrogen-bond acceptors (Lipinski definition) is 5. The van der Waals surface area contributed by atoms with Gasteiger partial charge in [-0.05, 0) is 17.4 Å². The molecule has 0 aliphatic rings. The van der Waals surface area contributed by atoms with Crippen molar-refractivity contribution in [2.75, 3.05) is 0 Å². The molecular weight excluding hydrogens is 280 g/mol. The standard InChI is InChI=1S/C7H9NO2S.C6H13NO2/c8-6(7(9)10)4-5-2-1-3-11-5;1-3-4(2)5(7)6(8)9/h1-3,6H,4,8H2,(H,9,10);4-5H,3,7H2,1-2H3,(H,8,9)/t6-;4-,5-/m00/s1. The van der Waals surface area contributed by atoms with Gasteiger partial charge in [0, 0.05) is 11.3 Å². The summed E-state index contributed by atoms with van der Waals surface area (Å²) in [6.45, 7) is 3.76. The third kappa shape index (κ3) is 7.22. The maximum absolute atomic E-state index is 10.3. The molecule has 7 heteroatoms. The highest BCUT2D eigenvalue weighted by Crippen LogP contribution is 2.10. The fraction of sp³-hybridized carbons (Fsp3) is 0.538. The average Bonchev–Trinajstić information content (AvgIpc) is 2.90. The van der Waals surface area contributed by atoms with Crippen molar-refractivity contribution >= 4 is 23.3 Å². The molecule has 1 rings (SSSR count). The summed E-state index contributed by atoms with van der Waals surface area (Å²) in [6, 6.07) is 2.30. The van der Waals surface area contributed by atoms with Gasteiger partial charge in [0.2, 0.25) is 0 Å². The van der Waals surface area contributed by atoms with E-state index in [1.807, 2.05) is 31.4 Å². The van der Waals surface area contributed by atoms with Crippen molar-refractivity contribution in [1.29, 1.82) is 0 Å². The zero-order chi connectivity index (χ0) is 15.7. The number of thiophene rings is 1. The minimum Gasteiger partial charge on any atom is -0.480 e. The maximum atomic E-state index is 10.3. The van der Waals surface area contributed by atoms with Gasteiger partial charge in [0.1, 0.15) is 12.1 Å². The fourth-order valence-corrected chi connectivity index (χ4v) is 1.99. The molecular formula is C13H22N2O4S. The normalized spacial score (nSPS) is 14.6. The topological polar surface area (TPSA) is 127 Å². The molecule has 20 heavy (non-hydrogen) atoms. The molecule has 0 radical (unpaired) electrons. The molecule has 0 saturated carbocycles. The summed E-state index contributed by atoms with van der Waals surface area (Å²) in [5.74, 6) is -1.79. The largest absolute Gasteiger partial charge is 0.480 e. The zero-order valence-electron chi connectivity index (χ0n) is 11.7. The minimum atomic E-state index is -0.946.